The molecule has 23 heavy (non-hydrogen) atoms. The third-order valence-electron chi connectivity index (χ3n) is 3.42. The predicted octanol–water partition coefficient (Wildman–Crippen LogP) is 3.72. The molecular formula is C16H10F2N4S. The van der Waals surface area contributed by atoms with Crippen LogP contribution in [0.2, 0.25) is 0 Å². The van der Waals surface area contributed by atoms with Crippen molar-refractivity contribution in [3.8, 4) is 11.4 Å². The van der Waals surface area contributed by atoms with Crippen LogP contribution in [0.25, 0.3) is 16.3 Å². The summed E-state index contributed by atoms with van der Waals surface area (Å²) in [5.74, 6) is -1.66. The highest BCUT2D eigenvalue weighted by Crippen LogP contribution is 2.25. The average Bonchev–Trinajstić information content (AvgIpc) is 3.11. The van der Waals surface area contributed by atoms with E-state index in [1.54, 1.807) is 0 Å². The highest BCUT2D eigenvalue weighted by molar-refractivity contribution is 7.16. The Bertz CT molecular complexity index is 978. The van der Waals surface area contributed by atoms with Gasteiger partial charge in [0.25, 0.3) is 0 Å². The molecule has 7 heteroatoms. The van der Waals surface area contributed by atoms with Gasteiger partial charge >= 0.3 is 0 Å². The lowest BCUT2D eigenvalue weighted by Gasteiger charge is -2.00. The number of rotatable bonds is 3. The lowest BCUT2D eigenvalue weighted by molar-refractivity contribution is 0.510. The van der Waals surface area contributed by atoms with Crippen LogP contribution in [0.15, 0.2) is 48.5 Å². The molecular weight excluding hydrogens is 318 g/mol. The average molecular weight is 328 g/mol. The molecule has 2 aromatic carbocycles. The van der Waals surface area contributed by atoms with E-state index in [9.17, 15) is 8.78 Å². The van der Waals surface area contributed by atoms with E-state index in [4.69, 9.17) is 0 Å². The molecule has 0 aliphatic heterocycles. The fourth-order valence-electron chi connectivity index (χ4n) is 2.34. The minimum absolute atomic E-state index is 0.0501. The first-order valence-electron chi connectivity index (χ1n) is 6.92. The van der Waals surface area contributed by atoms with Gasteiger partial charge in [0.05, 0.1) is 5.56 Å². The molecule has 0 aliphatic rings. The molecule has 4 aromatic rings. The zero-order valence-corrected chi connectivity index (χ0v) is 12.6. The van der Waals surface area contributed by atoms with Gasteiger partial charge in [0.15, 0.2) is 17.5 Å². The summed E-state index contributed by atoms with van der Waals surface area (Å²) in [4.78, 5) is 0.551. The van der Waals surface area contributed by atoms with Crippen LogP contribution in [0.4, 0.5) is 8.78 Å². The molecule has 0 spiro atoms. The van der Waals surface area contributed by atoms with Crippen molar-refractivity contribution in [2.24, 2.45) is 0 Å². The fourth-order valence-corrected chi connectivity index (χ4v) is 3.21. The highest BCUT2D eigenvalue weighted by Gasteiger charge is 2.18. The Hall–Kier alpha value is -2.67. The quantitative estimate of drug-likeness (QED) is 0.576. The van der Waals surface area contributed by atoms with E-state index in [2.05, 4.69) is 15.3 Å². The van der Waals surface area contributed by atoms with E-state index in [-0.39, 0.29) is 11.4 Å². The van der Waals surface area contributed by atoms with Crippen molar-refractivity contribution in [3.63, 3.8) is 0 Å². The molecule has 2 heterocycles. The van der Waals surface area contributed by atoms with E-state index in [1.165, 1.54) is 28.0 Å². The summed E-state index contributed by atoms with van der Waals surface area (Å²) in [6.45, 7) is 0. The Labute approximate surface area is 134 Å². The van der Waals surface area contributed by atoms with Crippen molar-refractivity contribution in [1.29, 1.82) is 0 Å². The van der Waals surface area contributed by atoms with Crippen LogP contribution >= 0.6 is 11.3 Å². The van der Waals surface area contributed by atoms with Crippen molar-refractivity contribution in [1.82, 2.24) is 19.8 Å². The lowest BCUT2D eigenvalue weighted by Crippen LogP contribution is -1.97. The Morgan fingerprint density at radius 3 is 2.61 bits per heavy atom. The predicted molar refractivity (Wildman–Crippen MR) is 83.3 cm³/mol. The van der Waals surface area contributed by atoms with Crippen molar-refractivity contribution < 1.29 is 8.78 Å². The van der Waals surface area contributed by atoms with Gasteiger partial charge in [-0.1, -0.05) is 47.7 Å². The van der Waals surface area contributed by atoms with Crippen molar-refractivity contribution in [2.75, 3.05) is 0 Å². The largest absolute Gasteiger partial charge is 0.234 e. The Kier molecular flexibility index (Phi) is 3.34. The molecule has 0 unspecified atom stereocenters. The first-order valence-corrected chi connectivity index (χ1v) is 7.73. The minimum atomic E-state index is -0.945. The van der Waals surface area contributed by atoms with Crippen LogP contribution in [0.3, 0.4) is 0 Å². The molecule has 0 saturated heterocycles. The molecule has 0 N–H and O–H groups in total. The maximum Gasteiger partial charge on any atom is 0.234 e. The van der Waals surface area contributed by atoms with Crippen LogP contribution in [-0.2, 0) is 6.42 Å². The normalized spacial score (nSPS) is 11.2. The van der Waals surface area contributed by atoms with E-state index < -0.39 is 11.6 Å². The van der Waals surface area contributed by atoms with Crippen LogP contribution in [0, 0.1) is 11.6 Å². The number of hydrogen-bond donors (Lipinski definition) is 0. The topological polar surface area (TPSA) is 43.1 Å². The van der Waals surface area contributed by atoms with Gasteiger partial charge in [-0.3, -0.25) is 0 Å². The molecule has 0 saturated carbocycles. The van der Waals surface area contributed by atoms with Crippen molar-refractivity contribution >= 4 is 16.3 Å². The Balaban J connectivity index is 1.76. The van der Waals surface area contributed by atoms with Gasteiger partial charge < -0.3 is 0 Å². The maximum absolute atomic E-state index is 14.0. The minimum Gasteiger partial charge on any atom is -0.204 e. The second kappa shape index (κ2) is 5.51. The highest BCUT2D eigenvalue weighted by atomic mass is 32.1. The van der Waals surface area contributed by atoms with Crippen LogP contribution in [0.5, 0.6) is 0 Å². The zero-order valence-electron chi connectivity index (χ0n) is 11.8. The molecule has 0 atom stereocenters. The number of fused-ring (bicyclic) bond motifs is 1. The Morgan fingerprint density at radius 2 is 1.78 bits per heavy atom. The second-order valence-corrected chi connectivity index (χ2v) is 6.02. The van der Waals surface area contributed by atoms with Crippen LogP contribution in [0.1, 0.15) is 10.6 Å². The second-order valence-electron chi connectivity index (χ2n) is 4.98. The maximum atomic E-state index is 14.0. The van der Waals surface area contributed by atoms with Gasteiger partial charge in [-0.2, -0.15) is 9.61 Å². The third kappa shape index (κ3) is 2.49. The standard InChI is InChI=1S/C16H10F2N4S/c17-12-8-4-7-11(14(12)18)15-19-20-16-22(15)21-13(23-16)9-10-5-2-1-3-6-10/h1-8H,9H2. The summed E-state index contributed by atoms with van der Waals surface area (Å²) >= 11 is 1.38. The van der Waals surface area contributed by atoms with Gasteiger partial charge in [-0.15, -0.1) is 10.2 Å². The molecule has 114 valence electrons. The smallest absolute Gasteiger partial charge is 0.204 e. The van der Waals surface area contributed by atoms with E-state index >= 15 is 0 Å². The summed E-state index contributed by atoms with van der Waals surface area (Å²) in [7, 11) is 0. The summed E-state index contributed by atoms with van der Waals surface area (Å²) < 4.78 is 28.8. The van der Waals surface area contributed by atoms with Gasteiger partial charge in [0.1, 0.15) is 5.01 Å². The van der Waals surface area contributed by atoms with Crippen LogP contribution in [-0.4, -0.2) is 19.8 Å². The van der Waals surface area contributed by atoms with Gasteiger partial charge in [-0.25, -0.2) is 8.78 Å². The number of halogens is 2. The molecule has 4 rings (SSSR count). The SMILES string of the molecule is Fc1cccc(-c2nnc3sc(Cc4ccccc4)nn23)c1F. The van der Waals surface area contributed by atoms with Crippen molar-refractivity contribution in [3.05, 3.63) is 70.7 Å². The first kappa shape index (κ1) is 14.0. The number of aromatic nitrogens is 4. The van der Waals surface area contributed by atoms with E-state index in [1.807, 2.05) is 30.3 Å². The number of benzene rings is 2. The van der Waals surface area contributed by atoms with E-state index in [0.717, 1.165) is 16.6 Å². The van der Waals surface area contributed by atoms with Gasteiger partial charge in [0, 0.05) is 6.42 Å². The summed E-state index contributed by atoms with van der Waals surface area (Å²) in [5, 5.41) is 13.2. The van der Waals surface area contributed by atoms with Crippen LogP contribution < -0.4 is 0 Å². The lowest BCUT2D eigenvalue weighted by atomic mass is 10.2. The zero-order chi connectivity index (χ0) is 15.8. The molecule has 0 fully saturated rings. The molecule has 4 nitrogen and oxygen atoms in total. The first-order chi connectivity index (χ1) is 11.2. The molecule has 0 aliphatic carbocycles. The molecule has 0 amide bonds. The van der Waals surface area contributed by atoms with Gasteiger partial charge in [-0.05, 0) is 17.7 Å². The summed E-state index contributed by atoms with van der Waals surface area (Å²) in [6.07, 6.45) is 0.653. The molecule has 2 aromatic heterocycles. The van der Waals surface area contributed by atoms with E-state index in [0.29, 0.717) is 11.4 Å². The molecule has 0 bridgehead atoms. The number of hydrogen-bond acceptors (Lipinski definition) is 4. The Morgan fingerprint density at radius 1 is 0.957 bits per heavy atom. The van der Waals surface area contributed by atoms with Gasteiger partial charge in [0.2, 0.25) is 4.96 Å². The molecule has 0 radical (unpaired) electrons. The third-order valence-corrected chi connectivity index (χ3v) is 4.32. The fraction of sp³-hybridized carbons (Fsp3) is 0.0625. The number of nitrogens with zero attached hydrogens (tertiary/aromatic N) is 4. The summed E-state index contributed by atoms with van der Waals surface area (Å²) in [5.41, 5.74) is 1.17. The monoisotopic (exact) mass is 328 g/mol. The summed E-state index contributed by atoms with van der Waals surface area (Å²) in [6, 6.07) is 13.9. The van der Waals surface area contributed by atoms with Crippen molar-refractivity contribution in [2.45, 2.75) is 6.42 Å².